The molecule has 0 amide bonds. The molecule has 4 rings (SSSR count). The standard InChI is InChI=1S/C15H14N4O/c1-2-5-11(6-3-1)12-9-13(14-7-4-8-20-14)19-10-16-18-15(19)17-12/h1-8,10,12-13H,9H2,(H,17,18)/t12-,13+/m1/s1. The fraction of sp³-hybridized carbons (Fsp3) is 0.200. The summed E-state index contributed by atoms with van der Waals surface area (Å²) in [6.45, 7) is 0. The average Bonchev–Trinajstić information content (AvgIpc) is 3.18. The molecule has 100 valence electrons. The minimum Gasteiger partial charge on any atom is -0.467 e. The van der Waals surface area contributed by atoms with Gasteiger partial charge < -0.3 is 9.73 Å². The van der Waals surface area contributed by atoms with Crippen LogP contribution in [-0.2, 0) is 0 Å². The molecule has 0 fully saturated rings. The van der Waals surface area contributed by atoms with Gasteiger partial charge in [-0.3, -0.25) is 4.57 Å². The normalized spacial score (nSPS) is 21.2. The maximum absolute atomic E-state index is 5.58. The third-order valence-corrected chi connectivity index (χ3v) is 3.74. The first kappa shape index (κ1) is 11.3. The predicted octanol–water partition coefficient (Wildman–Crippen LogP) is 3.02. The average molecular weight is 266 g/mol. The molecular weight excluding hydrogens is 252 g/mol. The summed E-state index contributed by atoms with van der Waals surface area (Å²) in [4.78, 5) is 0. The number of hydrogen-bond donors (Lipinski definition) is 1. The fourth-order valence-electron chi connectivity index (χ4n) is 2.76. The van der Waals surface area contributed by atoms with Crippen molar-refractivity contribution in [2.45, 2.75) is 18.5 Å². The van der Waals surface area contributed by atoms with Crippen molar-refractivity contribution in [1.82, 2.24) is 14.8 Å². The second-order valence-corrected chi connectivity index (χ2v) is 4.94. The summed E-state index contributed by atoms with van der Waals surface area (Å²) in [7, 11) is 0. The molecule has 20 heavy (non-hydrogen) atoms. The molecular formula is C15H14N4O. The van der Waals surface area contributed by atoms with Crippen LogP contribution >= 0.6 is 0 Å². The van der Waals surface area contributed by atoms with Crippen LogP contribution < -0.4 is 5.32 Å². The Morgan fingerprint density at radius 3 is 2.85 bits per heavy atom. The molecule has 1 N–H and O–H groups in total. The van der Waals surface area contributed by atoms with E-state index in [1.165, 1.54) is 5.56 Å². The van der Waals surface area contributed by atoms with Crippen LogP contribution in [0.3, 0.4) is 0 Å². The summed E-state index contributed by atoms with van der Waals surface area (Å²) in [6.07, 6.45) is 4.36. The van der Waals surface area contributed by atoms with Crippen molar-refractivity contribution in [3.63, 3.8) is 0 Å². The van der Waals surface area contributed by atoms with Gasteiger partial charge in [-0.15, -0.1) is 10.2 Å². The second-order valence-electron chi connectivity index (χ2n) is 4.94. The van der Waals surface area contributed by atoms with Crippen molar-refractivity contribution in [3.05, 3.63) is 66.4 Å². The summed E-state index contributed by atoms with van der Waals surface area (Å²) in [5, 5.41) is 11.6. The Balaban J connectivity index is 1.74. The largest absolute Gasteiger partial charge is 0.467 e. The van der Waals surface area contributed by atoms with Crippen molar-refractivity contribution in [1.29, 1.82) is 0 Å². The predicted molar refractivity (Wildman–Crippen MR) is 74.3 cm³/mol. The van der Waals surface area contributed by atoms with Gasteiger partial charge in [-0.25, -0.2) is 0 Å². The van der Waals surface area contributed by atoms with Gasteiger partial charge in [0.1, 0.15) is 12.1 Å². The van der Waals surface area contributed by atoms with Crippen LogP contribution in [0.1, 0.15) is 29.8 Å². The SMILES string of the molecule is c1ccc([C@H]2C[C@@H](c3ccco3)n3cnnc3N2)cc1. The Kier molecular flexibility index (Phi) is 2.55. The van der Waals surface area contributed by atoms with Crippen LogP contribution in [0.2, 0.25) is 0 Å². The van der Waals surface area contributed by atoms with E-state index in [-0.39, 0.29) is 12.1 Å². The van der Waals surface area contributed by atoms with E-state index in [0.717, 1.165) is 18.1 Å². The number of anilines is 1. The van der Waals surface area contributed by atoms with Gasteiger partial charge in [-0.05, 0) is 24.1 Å². The van der Waals surface area contributed by atoms with Crippen LogP contribution in [0.4, 0.5) is 5.95 Å². The van der Waals surface area contributed by atoms with E-state index in [2.05, 4.69) is 39.8 Å². The van der Waals surface area contributed by atoms with Gasteiger partial charge in [0.2, 0.25) is 5.95 Å². The fourth-order valence-corrected chi connectivity index (χ4v) is 2.76. The maximum atomic E-state index is 5.58. The lowest BCUT2D eigenvalue weighted by Crippen LogP contribution is -2.26. The molecule has 0 bridgehead atoms. The monoisotopic (exact) mass is 266 g/mol. The van der Waals surface area contributed by atoms with Crippen molar-refractivity contribution < 1.29 is 4.42 Å². The highest BCUT2D eigenvalue weighted by atomic mass is 16.3. The molecule has 1 aliphatic heterocycles. The van der Waals surface area contributed by atoms with E-state index in [9.17, 15) is 0 Å². The smallest absolute Gasteiger partial charge is 0.225 e. The molecule has 0 saturated carbocycles. The Morgan fingerprint density at radius 1 is 1.15 bits per heavy atom. The van der Waals surface area contributed by atoms with E-state index in [1.54, 1.807) is 12.6 Å². The van der Waals surface area contributed by atoms with E-state index >= 15 is 0 Å². The second kappa shape index (κ2) is 4.52. The first-order valence-electron chi connectivity index (χ1n) is 6.66. The molecule has 0 aliphatic carbocycles. The molecule has 0 saturated heterocycles. The topological polar surface area (TPSA) is 55.9 Å². The van der Waals surface area contributed by atoms with Crippen molar-refractivity contribution in [2.75, 3.05) is 5.32 Å². The third kappa shape index (κ3) is 1.79. The van der Waals surface area contributed by atoms with Gasteiger partial charge >= 0.3 is 0 Å². The van der Waals surface area contributed by atoms with Gasteiger partial charge in [0.15, 0.2) is 0 Å². The van der Waals surface area contributed by atoms with E-state index in [0.29, 0.717) is 0 Å². The quantitative estimate of drug-likeness (QED) is 0.774. The number of nitrogens with one attached hydrogen (secondary N) is 1. The Bertz CT molecular complexity index is 690. The van der Waals surface area contributed by atoms with Crippen LogP contribution in [0.25, 0.3) is 0 Å². The minimum atomic E-state index is 0.126. The summed E-state index contributed by atoms with van der Waals surface area (Å²) in [5.41, 5.74) is 1.25. The number of benzene rings is 1. The molecule has 2 atom stereocenters. The summed E-state index contributed by atoms with van der Waals surface area (Å²) in [6, 6.07) is 14.6. The van der Waals surface area contributed by atoms with Crippen molar-refractivity contribution in [2.24, 2.45) is 0 Å². The van der Waals surface area contributed by atoms with Crippen LogP contribution in [-0.4, -0.2) is 14.8 Å². The highest BCUT2D eigenvalue weighted by molar-refractivity contribution is 5.37. The van der Waals surface area contributed by atoms with E-state index < -0.39 is 0 Å². The summed E-state index contributed by atoms with van der Waals surface area (Å²) >= 11 is 0. The number of nitrogens with zero attached hydrogens (tertiary/aromatic N) is 3. The number of rotatable bonds is 2. The Labute approximate surface area is 116 Å². The molecule has 3 heterocycles. The number of fused-ring (bicyclic) bond motifs is 1. The summed E-state index contributed by atoms with van der Waals surface area (Å²) < 4.78 is 7.61. The lowest BCUT2D eigenvalue weighted by Gasteiger charge is -2.31. The number of aromatic nitrogens is 3. The lowest BCUT2D eigenvalue weighted by atomic mass is 9.96. The Morgan fingerprint density at radius 2 is 2.05 bits per heavy atom. The molecule has 5 nitrogen and oxygen atoms in total. The van der Waals surface area contributed by atoms with Gasteiger partial charge in [0.05, 0.1) is 18.3 Å². The number of furan rings is 1. The molecule has 2 aromatic heterocycles. The lowest BCUT2D eigenvalue weighted by molar-refractivity contribution is 0.381. The zero-order chi connectivity index (χ0) is 13.4. The van der Waals surface area contributed by atoms with E-state index in [1.807, 2.05) is 22.8 Å². The zero-order valence-corrected chi connectivity index (χ0v) is 10.8. The van der Waals surface area contributed by atoms with Crippen LogP contribution in [0, 0.1) is 0 Å². The molecule has 5 heteroatoms. The van der Waals surface area contributed by atoms with Gasteiger partial charge in [0.25, 0.3) is 0 Å². The molecule has 3 aromatic rings. The molecule has 0 radical (unpaired) electrons. The third-order valence-electron chi connectivity index (χ3n) is 3.74. The molecule has 0 spiro atoms. The Hall–Kier alpha value is -2.56. The van der Waals surface area contributed by atoms with Gasteiger partial charge in [-0.2, -0.15) is 0 Å². The molecule has 1 aliphatic rings. The van der Waals surface area contributed by atoms with Crippen LogP contribution in [0.15, 0.2) is 59.5 Å². The molecule has 0 unspecified atom stereocenters. The zero-order valence-electron chi connectivity index (χ0n) is 10.8. The van der Waals surface area contributed by atoms with E-state index in [4.69, 9.17) is 4.42 Å². The summed E-state index contributed by atoms with van der Waals surface area (Å²) in [5.74, 6) is 1.72. The number of hydrogen-bond acceptors (Lipinski definition) is 4. The van der Waals surface area contributed by atoms with Gasteiger partial charge in [-0.1, -0.05) is 30.3 Å². The highest BCUT2D eigenvalue weighted by Gasteiger charge is 2.30. The maximum Gasteiger partial charge on any atom is 0.225 e. The van der Waals surface area contributed by atoms with Gasteiger partial charge in [0, 0.05) is 0 Å². The van der Waals surface area contributed by atoms with Crippen molar-refractivity contribution >= 4 is 5.95 Å². The molecule has 1 aromatic carbocycles. The highest BCUT2D eigenvalue weighted by Crippen LogP contribution is 2.37. The first-order chi connectivity index (χ1) is 9.92. The van der Waals surface area contributed by atoms with Crippen molar-refractivity contribution in [3.8, 4) is 0 Å². The first-order valence-corrected chi connectivity index (χ1v) is 6.66. The van der Waals surface area contributed by atoms with Crippen LogP contribution in [0.5, 0.6) is 0 Å². The minimum absolute atomic E-state index is 0.126.